The molecular weight excluding hydrogens is 236 g/mol. The van der Waals surface area contributed by atoms with Gasteiger partial charge in [-0.15, -0.1) is 11.3 Å². The molecule has 0 bridgehead atoms. The highest BCUT2D eigenvalue weighted by Gasteiger charge is 2.09. The molecule has 1 aromatic heterocycles. The highest BCUT2D eigenvalue weighted by molar-refractivity contribution is 7.13. The topological polar surface area (TPSA) is 46.5 Å². The summed E-state index contributed by atoms with van der Waals surface area (Å²) in [5, 5.41) is 10.8. The summed E-state index contributed by atoms with van der Waals surface area (Å²) in [4.78, 5) is 11.8. The fourth-order valence-electron chi connectivity index (χ4n) is 1.66. The van der Waals surface area contributed by atoms with Crippen molar-refractivity contribution in [3.63, 3.8) is 0 Å². The van der Waals surface area contributed by atoms with Crippen molar-refractivity contribution in [3.8, 4) is 16.2 Å². The van der Waals surface area contributed by atoms with Gasteiger partial charge in [-0.2, -0.15) is 0 Å². The Morgan fingerprint density at radius 3 is 2.82 bits per heavy atom. The van der Waals surface area contributed by atoms with Gasteiger partial charge in [-0.1, -0.05) is 12.1 Å². The third-order valence-corrected chi connectivity index (χ3v) is 3.31. The average Bonchev–Trinajstić information content (AvgIpc) is 2.81. The molecule has 0 amide bonds. The second kappa shape index (κ2) is 5.01. The van der Waals surface area contributed by atoms with E-state index in [1.165, 1.54) is 0 Å². The molecule has 0 spiro atoms. The van der Waals surface area contributed by atoms with Crippen LogP contribution in [0.2, 0.25) is 0 Å². The number of ether oxygens (including phenoxy) is 1. The molecule has 0 aliphatic rings. The summed E-state index contributed by atoms with van der Waals surface area (Å²) < 4.78 is 5.29. The standard InChI is InChI=1S/C13H12O3S/c1-16-11-5-4-9(8-13(14)15)7-10(11)12-3-2-6-17-12/h2-7H,8H2,1H3,(H,14,15). The van der Waals surface area contributed by atoms with Gasteiger partial charge in [0.05, 0.1) is 13.5 Å². The molecule has 17 heavy (non-hydrogen) atoms. The lowest BCUT2D eigenvalue weighted by atomic mass is 10.1. The van der Waals surface area contributed by atoms with Crippen molar-refractivity contribution in [1.82, 2.24) is 0 Å². The molecular formula is C13H12O3S. The smallest absolute Gasteiger partial charge is 0.307 e. The Balaban J connectivity index is 2.43. The molecule has 0 saturated carbocycles. The lowest BCUT2D eigenvalue weighted by Crippen LogP contribution is -2.00. The van der Waals surface area contributed by atoms with E-state index < -0.39 is 5.97 Å². The second-order valence-corrected chi connectivity index (χ2v) is 4.53. The molecule has 0 aliphatic heterocycles. The van der Waals surface area contributed by atoms with Gasteiger partial charge in [0.25, 0.3) is 0 Å². The first-order valence-electron chi connectivity index (χ1n) is 5.13. The monoisotopic (exact) mass is 248 g/mol. The van der Waals surface area contributed by atoms with Crippen molar-refractivity contribution in [1.29, 1.82) is 0 Å². The fraction of sp³-hybridized carbons (Fsp3) is 0.154. The first-order chi connectivity index (χ1) is 8.20. The van der Waals surface area contributed by atoms with Crippen LogP contribution < -0.4 is 4.74 Å². The van der Waals surface area contributed by atoms with Gasteiger partial charge in [0.15, 0.2) is 0 Å². The largest absolute Gasteiger partial charge is 0.496 e. The molecule has 1 aromatic carbocycles. The van der Waals surface area contributed by atoms with Crippen LogP contribution in [0, 0.1) is 0 Å². The Morgan fingerprint density at radius 2 is 2.24 bits per heavy atom. The quantitative estimate of drug-likeness (QED) is 0.904. The summed E-state index contributed by atoms with van der Waals surface area (Å²) in [6.07, 6.45) is 0.0301. The molecule has 0 aliphatic carbocycles. The van der Waals surface area contributed by atoms with E-state index in [-0.39, 0.29) is 6.42 Å². The summed E-state index contributed by atoms with van der Waals surface area (Å²) >= 11 is 1.61. The van der Waals surface area contributed by atoms with E-state index in [0.29, 0.717) is 0 Å². The van der Waals surface area contributed by atoms with Crippen LogP contribution in [0.25, 0.3) is 10.4 Å². The third-order valence-electron chi connectivity index (χ3n) is 2.41. The molecule has 2 rings (SSSR count). The highest BCUT2D eigenvalue weighted by Crippen LogP contribution is 2.33. The van der Waals surface area contributed by atoms with E-state index in [1.54, 1.807) is 24.5 Å². The van der Waals surface area contributed by atoms with Crippen LogP contribution in [0.15, 0.2) is 35.7 Å². The summed E-state index contributed by atoms with van der Waals surface area (Å²) in [7, 11) is 1.61. The van der Waals surface area contributed by atoms with Crippen molar-refractivity contribution in [2.45, 2.75) is 6.42 Å². The zero-order chi connectivity index (χ0) is 12.3. The SMILES string of the molecule is COc1ccc(CC(=O)O)cc1-c1cccs1. The molecule has 1 heterocycles. The van der Waals surface area contributed by atoms with Crippen molar-refractivity contribution in [3.05, 3.63) is 41.3 Å². The van der Waals surface area contributed by atoms with Gasteiger partial charge < -0.3 is 9.84 Å². The fourth-order valence-corrected chi connectivity index (χ4v) is 2.41. The molecule has 1 N–H and O–H groups in total. The number of aliphatic carboxylic acids is 1. The second-order valence-electron chi connectivity index (χ2n) is 3.58. The Morgan fingerprint density at radius 1 is 1.41 bits per heavy atom. The third kappa shape index (κ3) is 2.65. The van der Waals surface area contributed by atoms with Gasteiger partial charge in [-0.05, 0) is 29.1 Å². The number of carboxylic acid groups (broad SMARTS) is 1. The van der Waals surface area contributed by atoms with E-state index in [9.17, 15) is 4.79 Å². The lowest BCUT2D eigenvalue weighted by molar-refractivity contribution is -0.136. The molecule has 2 aromatic rings. The van der Waals surface area contributed by atoms with Crippen LogP contribution in [-0.4, -0.2) is 18.2 Å². The Kier molecular flexibility index (Phi) is 3.44. The number of methoxy groups -OCH3 is 1. The van der Waals surface area contributed by atoms with E-state index in [0.717, 1.165) is 21.8 Å². The lowest BCUT2D eigenvalue weighted by Gasteiger charge is -2.08. The van der Waals surface area contributed by atoms with Gasteiger partial charge >= 0.3 is 5.97 Å². The minimum absolute atomic E-state index is 0.0301. The van der Waals surface area contributed by atoms with Crippen molar-refractivity contribution < 1.29 is 14.6 Å². The van der Waals surface area contributed by atoms with Crippen LogP contribution in [0.3, 0.4) is 0 Å². The van der Waals surface area contributed by atoms with Crippen molar-refractivity contribution in [2.75, 3.05) is 7.11 Å². The number of hydrogen-bond acceptors (Lipinski definition) is 3. The molecule has 0 unspecified atom stereocenters. The number of thiophene rings is 1. The minimum atomic E-state index is -0.827. The van der Waals surface area contributed by atoms with E-state index in [2.05, 4.69) is 0 Å². The predicted molar refractivity (Wildman–Crippen MR) is 67.6 cm³/mol. The molecule has 88 valence electrons. The van der Waals surface area contributed by atoms with Crippen LogP contribution in [-0.2, 0) is 11.2 Å². The Labute approximate surface area is 103 Å². The van der Waals surface area contributed by atoms with Crippen LogP contribution in [0.5, 0.6) is 5.75 Å². The normalized spacial score (nSPS) is 10.2. The van der Waals surface area contributed by atoms with Crippen molar-refractivity contribution in [2.24, 2.45) is 0 Å². The van der Waals surface area contributed by atoms with Gasteiger partial charge in [0.1, 0.15) is 5.75 Å². The number of carbonyl (C=O) groups is 1. The van der Waals surface area contributed by atoms with Crippen LogP contribution in [0.4, 0.5) is 0 Å². The first-order valence-corrected chi connectivity index (χ1v) is 6.01. The van der Waals surface area contributed by atoms with Crippen molar-refractivity contribution >= 4 is 17.3 Å². The maximum Gasteiger partial charge on any atom is 0.307 e. The van der Waals surface area contributed by atoms with Gasteiger partial charge in [-0.25, -0.2) is 0 Å². The molecule has 0 saturated heterocycles. The predicted octanol–water partition coefficient (Wildman–Crippen LogP) is 3.05. The van der Waals surface area contributed by atoms with E-state index in [4.69, 9.17) is 9.84 Å². The Bertz CT molecular complexity index is 517. The van der Waals surface area contributed by atoms with E-state index in [1.807, 2.05) is 29.6 Å². The summed E-state index contributed by atoms with van der Waals surface area (Å²) in [5.74, 6) is -0.0612. The van der Waals surface area contributed by atoms with Gasteiger partial charge in [-0.3, -0.25) is 4.79 Å². The van der Waals surface area contributed by atoms with Crippen LogP contribution >= 0.6 is 11.3 Å². The molecule has 0 atom stereocenters. The summed E-state index contributed by atoms with van der Waals surface area (Å²) in [5.41, 5.74) is 1.72. The number of carboxylic acids is 1. The summed E-state index contributed by atoms with van der Waals surface area (Å²) in [6.45, 7) is 0. The summed E-state index contributed by atoms with van der Waals surface area (Å²) in [6, 6.07) is 9.42. The number of hydrogen-bond donors (Lipinski definition) is 1. The maximum atomic E-state index is 10.7. The molecule has 0 fully saturated rings. The zero-order valence-electron chi connectivity index (χ0n) is 9.34. The maximum absolute atomic E-state index is 10.7. The van der Waals surface area contributed by atoms with Gasteiger partial charge in [0, 0.05) is 10.4 Å². The van der Waals surface area contributed by atoms with Crippen LogP contribution in [0.1, 0.15) is 5.56 Å². The average molecular weight is 248 g/mol. The van der Waals surface area contributed by atoms with E-state index >= 15 is 0 Å². The number of benzene rings is 1. The first kappa shape index (κ1) is 11.7. The Hall–Kier alpha value is -1.81. The van der Waals surface area contributed by atoms with Gasteiger partial charge in [0.2, 0.25) is 0 Å². The molecule has 0 radical (unpaired) electrons. The molecule has 4 heteroatoms. The molecule has 3 nitrogen and oxygen atoms in total. The minimum Gasteiger partial charge on any atom is -0.496 e. The highest BCUT2D eigenvalue weighted by atomic mass is 32.1. The number of rotatable bonds is 4. The zero-order valence-corrected chi connectivity index (χ0v) is 10.2.